The summed E-state index contributed by atoms with van der Waals surface area (Å²) < 4.78 is 13.1. The van der Waals surface area contributed by atoms with Gasteiger partial charge in [0.15, 0.2) is 0 Å². The molecule has 4 rings (SSSR count). The fourth-order valence-corrected chi connectivity index (χ4v) is 4.43. The average Bonchev–Trinajstić information content (AvgIpc) is 3.34. The van der Waals surface area contributed by atoms with Gasteiger partial charge >= 0.3 is 0 Å². The van der Waals surface area contributed by atoms with E-state index in [9.17, 15) is 14.0 Å². The average molecular weight is 468 g/mol. The third-order valence-electron chi connectivity index (χ3n) is 6.35. The van der Waals surface area contributed by atoms with Crippen LogP contribution in [-0.2, 0) is 24.1 Å². The number of hydrazine groups is 2. The van der Waals surface area contributed by atoms with Crippen LogP contribution in [0.25, 0.3) is 0 Å². The van der Waals surface area contributed by atoms with Crippen LogP contribution in [0.3, 0.4) is 0 Å². The number of fused-ring (bicyclic) bond motifs is 1. The largest absolute Gasteiger partial charge is 0.344 e. The van der Waals surface area contributed by atoms with Crippen molar-refractivity contribution in [3.8, 4) is 0 Å². The molecule has 0 spiro atoms. The summed E-state index contributed by atoms with van der Waals surface area (Å²) in [7, 11) is 0. The van der Waals surface area contributed by atoms with Crippen molar-refractivity contribution < 1.29 is 19.2 Å². The van der Waals surface area contributed by atoms with Gasteiger partial charge in [0, 0.05) is 11.8 Å². The number of halogens is 1. The number of rotatable bonds is 8. The van der Waals surface area contributed by atoms with Gasteiger partial charge in [-0.05, 0) is 80.0 Å². The molecule has 0 bridgehead atoms. The molecule has 8 nitrogen and oxygen atoms in total. The second-order valence-electron chi connectivity index (χ2n) is 8.84. The van der Waals surface area contributed by atoms with Crippen molar-refractivity contribution in [3.63, 3.8) is 0 Å². The molecule has 5 N–H and O–H groups in total. The van der Waals surface area contributed by atoms with Crippen LogP contribution in [0.4, 0.5) is 4.39 Å². The van der Waals surface area contributed by atoms with Crippen LogP contribution in [0, 0.1) is 5.82 Å². The Morgan fingerprint density at radius 2 is 1.85 bits per heavy atom. The lowest BCUT2D eigenvalue weighted by Gasteiger charge is -2.27. The third kappa shape index (κ3) is 5.73. The summed E-state index contributed by atoms with van der Waals surface area (Å²) in [6, 6.07) is 11.2. The molecule has 2 aliphatic rings. The van der Waals surface area contributed by atoms with Gasteiger partial charge in [0.1, 0.15) is 5.82 Å². The first-order valence-electron chi connectivity index (χ1n) is 11.5. The zero-order valence-electron chi connectivity index (χ0n) is 19.1. The lowest BCUT2D eigenvalue weighted by atomic mass is 9.89. The number of hydrogen-bond acceptors (Lipinski definition) is 6. The SMILES string of the molecule is CC(NC(=O)c1ccc(F)cc1)C1=CN(C(CC(=O)NO)Cc2ccc3c(c2)CCCC3)NN1. The van der Waals surface area contributed by atoms with Crippen molar-refractivity contribution in [2.24, 2.45) is 0 Å². The second-order valence-corrected chi connectivity index (χ2v) is 8.84. The molecule has 0 saturated carbocycles. The Balaban J connectivity index is 1.45. The van der Waals surface area contributed by atoms with Gasteiger partial charge in [-0.3, -0.25) is 19.8 Å². The van der Waals surface area contributed by atoms with Crippen molar-refractivity contribution in [3.05, 3.63) is 82.4 Å². The highest BCUT2D eigenvalue weighted by Gasteiger charge is 2.26. The minimum Gasteiger partial charge on any atom is -0.344 e. The van der Waals surface area contributed by atoms with Gasteiger partial charge in [0.25, 0.3) is 5.91 Å². The van der Waals surface area contributed by atoms with Crippen LogP contribution in [0.2, 0.25) is 0 Å². The zero-order valence-corrected chi connectivity index (χ0v) is 19.1. The minimum absolute atomic E-state index is 0.0718. The van der Waals surface area contributed by atoms with Crippen LogP contribution in [0.15, 0.2) is 54.4 Å². The summed E-state index contributed by atoms with van der Waals surface area (Å²) in [5, 5.41) is 13.7. The number of nitrogens with zero attached hydrogens (tertiary/aromatic N) is 1. The molecule has 0 aromatic heterocycles. The van der Waals surface area contributed by atoms with Crippen molar-refractivity contribution in [2.45, 2.75) is 57.5 Å². The van der Waals surface area contributed by atoms with E-state index in [1.54, 1.807) is 10.5 Å². The number of hydroxylamine groups is 1. The fourth-order valence-electron chi connectivity index (χ4n) is 4.43. The Labute approximate surface area is 198 Å². The maximum absolute atomic E-state index is 13.1. The summed E-state index contributed by atoms with van der Waals surface area (Å²) >= 11 is 0. The molecule has 2 atom stereocenters. The maximum Gasteiger partial charge on any atom is 0.251 e. The number of carbonyl (C=O) groups is 2. The van der Waals surface area contributed by atoms with Gasteiger partial charge < -0.3 is 10.7 Å². The maximum atomic E-state index is 13.1. The molecule has 1 aliphatic heterocycles. The van der Waals surface area contributed by atoms with Gasteiger partial charge in [0.2, 0.25) is 5.91 Å². The Morgan fingerprint density at radius 3 is 2.59 bits per heavy atom. The van der Waals surface area contributed by atoms with E-state index in [1.165, 1.54) is 48.2 Å². The summed E-state index contributed by atoms with van der Waals surface area (Å²) in [6.45, 7) is 1.82. The molecule has 2 unspecified atom stereocenters. The molecular weight excluding hydrogens is 437 g/mol. The van der Waals surface area contributed by atoms with Crippen LogP contribution in [0.5, 0.6) is 0 Å². The molecule has 34 heavy (non-hydrogen) atoms. The molecule has 0 radical (unpaired) electrons. The Kier molecular flexibility index (Phi) is 7.44. The third-order valence-corrected chi connectivity index (χ3v) is 6.35. The molecule has 1 aliphatic carbocycles. The Hall–Kier alpha value is -3.43. The molecule has 180 valence electrons. The molecular formula is C25H30FN5O3. The van der Waals surface area contributed by atoms with Crippen molar-refractivity contribution in [2.75, 3.05) is 0 Å². The van der Waals surface area contributed by atoms with Gasteiger partial charge in [-0.15, -0.1) is 5.53 Å². The molecule has 2 amide bonds. The molecule has 9 heteroatoms. The minimum atomic E-state index is -0.482. The predicted octanol–water partition coefficient (Wildman–Crippen LogP) is 2.50. The van der Waals surface area contributed by atoms with Crippen LogP contribution in [0.1, 0.15) is 53.2 Å². The van der Waals surface area contributed by atoms with Crippen LogP contribution < -0.4 is 21.8 Å². The highest BCUT2D eigenvalue weighted by atomic mass is 19.1. The number of amides is 2. The monoisotopic (exact) mass is 467 g/mol. The van der Waals surface area contributed by atoms with E-state index >= 15 is 0 Å². The zero-order chi connectivity index (χ0) is 24.1. The standard InChI is InChI=1S/C25H30FN5O3/c1-16(27-25(33)19-8-10-21(26)11-9-19)23-15-31(30-28-23)22(14-24(32)29-34)13-17-6-7-18-4-2-3-5-20(18)12-17/h6-12,15-16,22,28,30,34H,2-5,13-14H2,1H3,(H,27,33)(H,29,32). The van der Waals surface area contributed by atoms with Gasteiger partial charge in [-0.25, -0.2) is 9.87 Å². The lowest BCUT2D eigenvalue weighted by molar-refractivity contribution is -0.130. The fraction of sp³-hybridized carbons (Fsp3) is 0.360. The molecule has 2 aromatic rings. The Bertz CT molecular complexity index is 1070. The van der Waals surface area contributed by atoms with E-state index in [-0.39, 0.29) is 24.4 Å². The first-order chi connectivity index (χ1) is 16.4. The first-order valence-corrected chi connectivity index (χ1v) is 11.5. The summed E-state index contributed by atoms with van der Waals surface area (Å²) in [6.07, 6.45) is 7.07. The topological polar surface area (TPSA) is 106 Å². The van der Waals surface area contributed by atoms with Crippen LogP contribution in [-0.4, -0.2) is 34.1 Å². The highest BCUT2D eigenvalue weighted by molar-refractivity contribution is 5.94. The van der Waals surface area contributed by atoms with E-state index < -0.39 is 11.7 Å². The van der Waals surface area contributed by atoms with E-state index in [2.05, 4.69) is 34.5 Å². The first kappa shape index (κ1) is 23.7. The molecule has 2 aromatic carbocycles. The molecule has 0 saturated heterocycles. The second kappa shape index (κ2) is 10.7. The van der Waals surface area contributed by atoms with Gasteiger partial charge in [0.05, 0.1) is 24.2 Å². The lowest BCUT2D eigenvalue weighted by Crippen LogP contribution is -2.47. The molecule has 0 fully saturated rings. The van der Waals surface area contributed by atoms with Crippen molar-refractivity contribution in [1.82, 2.24) is 26.8 Å². The number of hydrogen-bond donors (Lipinski definition) is 5. The van der Waals surface area contributed by atoms with Crippen molar-refractivity contribution >= 4 is 11.8 Å². The number of nitrogens with one attached hydrogen (secondary N) is 4. The van der Waals surface area contributed by atoms with E-state index in [0.29, 0.717) is 17.7 Å². The quantitative estimate of drug-likeness (QED) is 0.302. The van der Waals surface area contributed by atoms with E-state index in [0.717, 1.165) is 18.4 Å². The smallest absolute Gasteiger partial charge is 0.251 e. The predicted molar refractivity (Wildman–Crippen MR) is 125 cm³/mol. The summed E-state index contributed by atoms with van der Waals surface area (Å²) in [4.78, 5) is 24.5. The van der Waals surface area contributed by atoms with Gasteiger partial charge in [-0.2, -0.15) is 0 Å². The van der Waals surface area contributed by atoms with Gasteiger partial charge in [-0.1, -0.05) is 18.2 Å². The van der Waals surface area contributed by atoms with Crippen molar-refractivity contribution in [1.29, 1.82) is 0 Å². The number of benzene rings is 2. The van der Waals surface area contributed by atoms with Crippen LogP contribution >= 0.6 is 0 Å². The normalized spacial score (nSPS) is 16.7. The summed E-state index contributed by atoms with van der Waals surface area (Å²) in [5.41, 5.74) is 12.8. The number of carbonyl (C=O) groups excluding carboxylic acids is 2. The van der Waals surface area contributed by atoms with E-state index in [4.69, 9.17) is 5.21 Å². The number of aryl methyl sites for hydroxylation is 2. The Morgan fingerprint density at radius 1 is 1.12 bits per heavy atom. The summed E-state index contributed by atoms with van der Waals surface area (Å²) in [5.74, 6) is -1.20. The highest BCUT2D eigenvalue weighted by Crippen LogP contribution is 2.24. The van der Waals surface area contributed by atoms with E-state index in [1.807, 2.05) is 13.1 Å². The molecule has 1 heterocycles.